The van der Waals surface area contributed by atoms with E-state index in [1.54, 1.807) is 7.11 Å². The normalized spacial score (nSPS) is 24.6. The molecule has 1 aliphatic heterocycles. The standard InChI is InChI=1S/C20H31N3O3/c1-14(24)13-22(2)16-8-10-23(11-9-16)20(25)21-18-12-15-6-4-5-7-17(15)19(18)26-3/h4-7,14,16,18-19,24H,8-13H2,1-3H3,(H,21,25)/t14?,18-,19+/m1/s1. The van der Waals surface area contributed by atoms with Gasteiger partial charge in [-0.1, -0.05) is 24.3 Å². The molecule has 6 nitrogen and oxygen atoms in total. The van der Waals surface area contributed by atoms with Gasteiger partial charge in [0.15, 0.2) is 0 Å². The molecule has 3 rings (SSSR count). The maximum atomic E-state index is 12.7. The van der Waals surface area contributed by atoms with Crippen molar-refractivity contribution in [2.24, 2.45) is 0 Å². The number of hydrogen-bond acceptors (Lipinski definition) is 4. The van der Waals surface area contributed by atoms with Crippen molar-refractivity contribution >= 4 is 6.03 Å². The van der Waals surface area contributed by atoms with E-state index in [0.29, 0.717) is 12.6 Å². The molecule has 2 aliphatic rings. The molecule has 1 unspecified atom stereocenters. The van der Waals surface area contributed by atoms with Crippen LogP contribution in [0.2, 0.25) is 0 Å². The zero-order valence-electron chi connectivity index (χ0n) is 16.0. The van der Waals surface area contributed by atoms with Gasteiger partial charge in [-0.05, 0) is 44.4 Å². The summed E-state index contributed by atoms with van der Waals surface area (Å²) >= 11 is 0. The van der Waals surface area contributed by atoms with Crippen LogP contribution in [-0.4, -0.2) is 72.9 Å². The molecule has 144 valence electrons. The number of ether oxygens (including phenoxy) is 1. The van der Waals surface area contributed by atoms with Crippen LogP contribution in [0.25, 0.3) is 0 Å². The van der Waals surface area contributed by atoms with Gasteiger partial charge < -0.3 is 25.0 Å². The third-order valence-electron chi connectivity index (χ3n) is 5.66. The quantitative estimate of drug-likeness (QED) is 0.839. The van der Waals surface area contributed by atoms with Gasteiger partial charge in [0.25, 0.3) is 0 Å². The van der Waals surface area contributed by atoms with Crippen LogP contribution in [-0.2, 0) is 11.2 Å². The molecule has 0 radical (unpaired) electrons. The van der Waals surface area contributed by atoms with Crippen molar-refractivity contribution in [2.45, 2.75) is 50.5 Å². The Balaban J connectivity index is 1.52. The number of amides is 2. The van der Waals surface area contributed by atoms with Crippen LogP contribution in [0.4, 0.5) is 4.79 Å². The van der Waals surface area contributed by atoms with E-state index in [1.807, 2.05) is 31.0 Å². The highest BCUT2D eigenvalue weighted by atomic mass is 16.5. The van der Waals surface area contributed by atoms with Crippen molar-refractivity contribution < 1.29 is 14.6 Å². The first-order chi connectivity index (χ1) is 12.5. The smallest absolute Gasteiger partial charge is 0.317 e. The van der Waals surface area contributed by atoms with E-state index in [0.717, 1.165) is 32.4 Å². The number of aliphatic hydroxyl groups is 1. The summed E-state index contributed by atoms with van der Waals surface area (Å²) in [7, 11) is 3.75. The van der Waals surface area contributed by atoms with Crippen LogP contribution in [0.1, 0.15) is 37.0 Å². The Bertz CT molecular complexity index is 614. The predicted molar refractivity (Wildman–Crippen MR) is 101 cm³/mol. The highest BCUT2D eigenvalue weighted by Gasteiger charge is 2.35. The maximum absolute atomic E-state index is 12.7. The molecule has 1 fully saturated rings. The number of likely N-dealkylation sites (tertiary alicyclic amines) is 1. The molecule has 1 heterocycles. The number of nitrogens with one attached hydrogen (secondary N) is 1. The van der Waals surface area contributed by atoms with Crippen LogP contribution in [0.3, 0.4) is 0 Å². The first-order valence-corrected chi connectivity index (χ1v) is 9.54. The molecule has 6 heteroatoms. The number of benzene rings is 1. The molecule has 1 aromatic carbocycles. The average Bonchev–Trinajstić information content (AvgIpc) is 2.98. The van der Waals surface area contributed by atoms with E-state index in [9.17, 15) is 9.90 Å². The minimum Gasteiger partial charge on any atom is -0.392 e. The summed E-state index contributed by atoms with van der Waals surface area (Å²) < 4.78 is 5.66. The summed E-state index contributed by atoms with van der Waals surface area (Å²) in [6.07, 6.45) is 2.29. The lowest BCUT2D eigenvalue weighted by Gasteiger charge is -2.37. The minimum atomic E-state index is -0.323. The molecule has 0 aromatic heterocycles. The number of piperidine rings is 1. The van der Waals surface area contributed by atoms with Crippen LogP contribution >= 0.6 is 0 Å². The molecule has 26 heavy (non-hydrogen) atoms. The molecule has 0 bridgehead atoms. The topological polar surface area (TPSA) is 65.0 Å². The van der Waals surface area contributed by atoms with Gasteiger partial charge in [0.1, 0.15) is 6.10 Å². The molecule has 0 spiro atoms. The Morgan fingerprint density at radius 2 is 2.08 bits per heavy atom. The Morgan fingerprint density at radius 1 is 1.38 bits per heavy atom. The zero-order valence-corrected chi connectivity index (χ0v) is 16.0. The third-order valence-corrected chi connectivity index (χ3v) is 5.66. The van der Waals surface area contributed by atoms with Gasteiger partial charge in [0.05, 0.1) is 12.1 Å². The molecule has 1 saturated heterocycles. The summed E-state index contributed by atoms with van der Waals surface area (Å²) in [4.78, 5) is 16.8. The van der Waals surface area contributed by atoms with E-state index < -0.39 is 0 Å². The number of aliphatic hydroxyl groups excluding tert-OH is 1. The number of rotatable bonds is 5. The monoisotopic (exact) mass is 361 g/mol. The number of fused-ring (bicyclic) bond motifs is 1. The fraction of sp³-hybridized carbons (Fsp3) is 0.650. The summed E-state index contributed by atoms with van der Waals surface area (Å²) in [5, 5.41) is 12.7. The number of likely N-dealkylation sites (N-methyl/N-ethyl adjacent to an activating group) is 1. The van der Waals surface area contributed by atoms with Gasteiger partial charge in [0, 0.05) is 32.8 Å². The Hall–Kier alpha value is -1.63. The Labute approximate surface area is 156 Å². The van der Waals surface area contributed by atoms with Crippen LogP contribution < -0.4 is 5.32 Å². The van der Waals surface area contributed by atoms with Crippen molar-refractivity contribution in [3.8, 4) is 0 Å². The molecule has 0 saturated carbocycles. The van der Waals surface area contributed by atoms with Gasteiger partial charge in [-0.25, -0.2) is 4.79 Å². The van der Waals surface area contributed by atoms with E-state index in [1.165, 1.54) is 11.1 Å². The average molecular weight is 361 g/mol. The van der Waals surface area contributed by atoms with E-state index in [-0.39, 0.29) is 24.3 Å². The first kappa shape index (κ1) is 19.1. The van der Waals surface area contributed by atoms with Gasteiger partial charge in [-0.2, -0.15) is 0 Å². The lowest BCUT2D eigenvalue weighted by Crippen LogP contribution is -2.52. The lowest BCUT2D eigenvalue weighted by molar-refractivity contribution is 0.0716. The van der Waals surface area contributed by atoms with Crippen molar-refractivity contribution in [3.05, 3.63) is 35.4 Å². The van der Waals surface area contributed by atoms with Crippen LogP contribution in [0.15, 0.2) is 24.3 Å². The second-order valence-electron chi connectivity index (χ2n) is 7.62. The molecular weight excluding hydrogens is 330 g/mol. The molecular formula is C20H31N3O3. The number of carbonyl (C=O) groups excluding carboxylic acids is 1. The summed E-state index contributed by atoms with van der Waals surface area (Å²) in [6, 6.07) is 8.65. The zero-order chi connectivity index (χ0) is 18.7. The summed E-state index contributed by atoms with van der Waals surface area (Å²) in [5.41, 5.74) is 2.43. The predicted octanol–water partition coefficient (Wildman–Crippen LogP) is 1.79. The summed E-state index contributed by atoms with van der Waals surface area (Å²) in [5.74, 6) is 0. The number of methoxy groups -OCH3 is 1. The third kappa shape index (κ3) is 4.19. The largest absolute Gasteiger partial charge is 0.392 e. The molecule has 3 atom stereocenters. The van der Waals surface area contributed by atoms with Gasteiger partial charge in [-0.3, -0.25) is 0 Å². The second kappa shape index (κ2) is 8.37. The van der Waals surface area contributed by atoms with Crippen molar-refractivity contribution in [2.75, 3.05) is 33.8 Å². The van der Waals surface area contributed by atoms with Crippen molar-refractivity contribution in [1.29, 1.82) is 0 Å². The van der Waals surface area contributed by atoms with E-state index in [2.05, 4.69) is 22.3 Å². The first-order valence-electron chi connectivity index (χ1n) is 9.54. The summed E-state index contributed by atoms with van der Waals surface area (Å²) in [6.45, 7) is 3.98. The van der Waals surface area contributed by atoms with Crippen LogP contribution in [0, 0.1) is 0 Å². The van der Waals surface area contributed by atoms with Gasteiger partial charge in [-0.15, -0.1) is 0 Å². The SMILES string of the molecule is CO[C@H]1c2ccccc2C[C@H]1NC(=O)N1CCC(N(C)CC(C)O)CC1. The van der Waals surface area contributed by atoms with Crippen molar-refractivity contribution in [1.82, 2.24) is 15.1 Å². The van der Waals surface area contributed by atoms with Crippen molar-refractivity contribution in [3.63, 3.8) is 0 Å². The fourth-order valence-electron chi connectivity index (χ4n) is 4.30. The second-order valence-corrected chi connectivity index (χ2v) is 7.62. The Morgan fingerprint density at radius 3 is 2.73 bits per heavy atom. The van der Waals surface area contributed by atoms with E-state index in [4.69, 9.17) is 4.74 Å². The molecule has 2 N–H and O–H groups in total. The van der Waals surface area contributed by atoms with Gasteiger partial charge in [0.2, 0.25) is 0 Å². The van der Waals surface area contributed by atoms with Crippen LogP contribution in [0.5, 0.6) is 0 Å². The number of carbonyl (C=O) groups is 1. The fourth-order valence-corrected chi connectivity index (χ4v) is 4.30. The maximum Gasteiger partial charge on any atom is 0.317 e. The number of nitrogens with zero attached hydrogens (tertiary/aromatic N) is 2. The number of urea groups is 1. The number of hydrogen-bond donors (Lipinski definition) is 2. The highest BCUT2D eigenvalue weighted by Crippen LogP contribution is 2.33. The molecule has 2 amide bonds. The highest BCUT2D eigenvalue weighted by molar-refractivity contribution is 5.75. The Kier molecular flexibility index (Phi) is 6.16. The van der Waals surface area contributed by atoms with E-state index >= 15 is 0 Å². The van der Waals surface area contributed by atoms with Gasteiger partial charge >= 0.3 is 6.03 Å². The molecule has 1 aromatic rings. The lowest BCUT2D eigenvalue weighted by atomic mass is 10.0. The minimum absolute atomic E-state index is 0.00138. The molecule has 1 aliphatic carbocycles.